The molecule has 26 heavy (non-hydrogen) atoms. The van der Waals surface area contributed by atoms with E-state index in [0.717, 1.165) is 11.3 Å². The fourth-order valence-electron chi connectivity index (χ4n) is 2.84. The third-order valence-corrected chi connectivity index (χ3v) is 4.14. The highest BCUT2D eigenvalue weighted by Crippen LogP contribution is 2.32. The first-order valence-electron chi connectivity index (χ1n) is 8.55. The first-order chi connectivity index (χ1) is 12.5. The number of amides is 1. The van der Waals surface area contributed by atoms with E-state index in [2.05, 4.69) is 10.5 Å². The Morgan fingerprint density at radius 3 is 2.58 bits per heavy atom. The molecule has 2 aromatic rings. The molecule has 0 aliphatic carbocycles. The zero-order valence-corrected chi connectivity index (χ0v) is 15.9. The molecule has 0 aliphatic rings. The van der Waals surface area contributed by atoms with Crippen LogP contribution in [0.4, 0.5) is 5.69 Å². The van der Waals surface area contributed by atoms with Crippen LogP contribution in [-0.2, 0) is 9.53 Å². The van der Waals surface area contributed by atoms with Crippen LogP contribution in [0.2, 0.25) is 0 Å². The van der Waals surface area contributed by atoms with Gasteiger partial charge in [-0.05, 0) is 32.4 Å². The van der Waals surface area contributed by atoms with Crippen molar-refractivity contribution in [3.63, 3.8) is 0 Å². The summed E-state index contributed by atoms with van der Waals surface area (Å²) in [5.41, 5.74) is 2.21. The number of aryl methyl sites for hydroxylation is 2. The monoisotopic (exact) mass is 362 g/mol. The average Bonchev–Trinajstić information content (AvgIpc) is 2.95. The molecule has 142 valence electrons. The van der Waals surface area contributed by atoms with E-state index in [0.29, 0.717) is 42.6 Å². The van der Waals surface area contributed by atoms with Crippen LogP contribution in [0.3, 0.4) is 0 Å². The Hall–Kier alpha value is -2.54. The van der Waals surface area contributed by atoms with Crippen molar-refractivity contribution < 1.29 is 23.5 Å². The van der Waals surface area contributed by atoms with Crippen molar-refractivity contribution in [2.24, 2.45) is 0 Å². The van der Waals surface area contributed by atoms with E-state index < -0.39 is 0 Å². The zero-order chi connectivity index (χ0) is 19.1. The maximum atomic E-state index is 12.8. The summed E-state index contributed by atoms with van der Waals surface area (Å²) in [4.78, 5) is 12.8. The van der Waals surface area contributed by atoms with Crippen molar-refractivity contribution in [3.05, 3.63) is 35.2 Å². The van der Waals surface area contributed by atoms with Gasteiger partial charge in [0.1, 0.15) is 12.4 Å². The van der Waals surface area contributed by atoms with Gasteiger partial charge >= 0.3 is 0 Å². The van der Waals surface area contributed by atoms with Gasteiger partial charge in [0.2, 0.25) is 5.91 Å². The summed E-state index contributed by atoms with van der Waals surface area (Å²) in [6.07, 6.45) is 0.641. The molecule has 1 aromatic heterocycles. The molecule has 1 heterocycles. The summed E-state index contributed by atoms with van der Waals surface area (Å²) in [6, 6.07) is 5.28. The molecule has 0 radical (unpaired) electrons. The van der Waals surface area contributed by atoms with Gasteiger partial charge in [0.05, 0.1) is 25.3 Å². The van der Waals surface area contributed by atoms with Gasteiger partial charge in [-0.25, -0.2) is 0 Å². The van der Waals surface area contributed by atoms with Crippen molar-refractivity contribution in [1.29, 1.82) is 0 Å². The van der Waals surface area contributed by atoms with Gasteiger partial charge < -0.3 is 24.1 Å². The number of anilines is 1. The molecule has 1 aromatic carbocycles. The van der Waals surface area contributed by atoms with Gasteiger partial charge in [-0.3, -0.25) is 4.79 Å². The summed E-state index contributed by atoms with van der Waals surface area (Å²) in [7, 11) is 3.18. The highest BCUT2D eigenvalue weighted by Gasteiger charge is 2.26. The van der Waals surface area contributed by atoms with E-state index in [1.54, 1.807) is 32.4 Å². The van der Waals surface area contributed by atoms with Crippen LogP contribution in [0.25, 0.3) is 0 Å². The van der Waals surface area contributed by atoms with Crippen LogP contribution in [-0.4, -0.2) is 38.5 Å². The SMILES string of the molecule is CC[C@H](C(=O)Nc1ccc(OC)c(OCCOC)c1)c1c(C)noc1C. The third kappa shape index (κ3) is 4.54. The molecule has 1 N–H and O–H groups in total. The molecule has 0 bridgehead atoms. The van der Waals surface area contributed by atoms with E-state index in [9.17, 15) is 4.79 Å². The molecule has 0 fully saturated rings. The molecule has 0 spiro atoms. The average molecular weight is 362 g/mol. The lowest BCUT2D eigenvalue weighted by Crippen LogP contribution is -2.21. The van der Waals surface area contributed by atoms with Crippen LogP contribution >= 0.6 is 0 Å². The minimum Gasteiger partial charge on any atom is -0.493 e. The molecule has 0 saturated carbocycles. The number of hydrogen-bond donors (Lipinski definition) is 1. The summed E-state index contributed by atoms with van der Waals surface area (Å²) >= 11 is 0. The molecule has 7 heteroatoms. The van der Waals surface area contributed by atoms with Gasteiger partial charge in [-0.15, -0.1) is 0 Å². The van der Waals surface area contributed by atoms with Crippen LogP contribution < -0.4 is 14.8 Å². The second kappa shape index (κ2) is 9.24. The van der Waals surface area contributed by atoms with Gasteiger partial charge in [-0.1, -0.05) is 12.1 Å². The number of carbonyl (C=O) groups excluding carboxylic acids is 1. The lowest BCUT2D eigenvalue weighted by atomic mass is 9.94. The van der Waals surface area contributed by atoms with Crippen molar-refractivity contribution in [3.8, 4) is 11.5 Å². The highest BCUT2D eigenvalue weighted by atomic mass is 16.5. The van der Waals surface area contributed by atoms with Gasteiger partial charge in [0.25, 0.3) is 0 Å². The molecule has 1 atom stereocenters. The van der Waals surface area contributed by atoms with E-state index in [-0.39, 0.29) is 11.8 Å². The number of carbonyl (C=O) groups is 1. The Kier molecular flexibility index (Phi) is 7.03. The van der Waals surface area contributed by atoms with Crippen molar-refractivity contribution >= 4 is 11.6 Å². The predicted octanol–water partition coefficient (Wildman–Crippen LogP) is 3.46. The lowest BCUT2D eigenvalue weighted by molar-refractivity contribution is -0.117. The molecule has 2 rings (SSSR count). The summed E-state index contributed by atoms with van der Waals surface area (Å²) in [5.74, 6) is 1.36. The van der Waals surface area contributed by atoms with Crippen LogP contribution in [0, 0.1) is 13.8 Å². The molecule has 0 unspecified atom stereocenters. The number of nitrogens with one attached hydrogen (secondary N) is 1. The Morgan fingerprint density at radius 2 is 2.00 bits per heavy atom. The van der Waals surface area contributed by atoms with E-state index in [4.69, 9.17) is 18.7 Å². The number of hydrogen-bond acceptors (Lipinski definition) is 6. The molecule has 1 amide bonds. The maximum absolute atomic E-state index is 12.8. The lowest BCUT2D eigenvalue weighted by Gasteiger charge is -2.16. The Bertz CT molecular complexity index is 722. The van der Waals surface area contributed by atoms with E-state index in [1.165, 1.54) is 0 Å². The summed E-state index contributed by atoms with van der Waals surface area (Å²) in [6.45, 7) is 6.48. The largest absolute Gasteiger partial charge is 0.493 e. The first kappa shape index (κ1) is 19.8. The highest BCUT2D eigenvalue weighted by molar-refractivity contribution is 5.96. The minimum atomic E-state index is -0.332. The fourth-order valence-corrected chi connectivity index (χ4v) is 2.84. The number of rotatable bonds is 9. The van der Waals surface area contributed by atoms with Crippen LogP contribution in [0.15, 0.2) is 22.7 Å². The Morgan fingerprint density at radius 1 is 1.23 bits per heavy atom. The van der Waals surface area contributed by atoms with Crippen molar-refractivity contribution in [2.45, 2.75) is 33.1 Å². The number of aromatic nitrogens is 1. The quantitative estimate of drug-likeness (QED) is 0.688. The number of benzene rings is 1. The second-order valence-electron chi connectivity index (χ2n) is 5.89. The van der Waals surface area contributed by atoms with Crippen molar-refractivity contribution in [2.75, 3.05) is 32.8 Å². The molecular formula is C19H26N2O5. The fraction of sp³-hybridized carbons (Fsp3) is 0.474. The van der Waals surface area contributed by atoms with E-state index >= 15 is 0 Å². The molecule has 7 nitrogen and oxygen atoms in total. The maximum Gasteiger partial charge on any atom is 0.232 e. The second-order valence-corrected chi connectivity index (χ2v) is 5.89. The van der Waals surface area contributed by atoms with Crippen LogP contribution in [0.1, 0.15) is 36.3 Å². The van der Waals surface area contributed by atoms with Crippen molar-refractivity contribution in [1.82, 2.24) is 5.16 Å². The first-order valence-corrected chi connectivity index (χ1v) is 8.55. The summed E-state index contributed by atoms with van der Waals surface area (Å²) in [5, 5.41) is 6.89. The topological polar surface area (TPSA) is 82.8 Å². The Balaban J connectivity index is 2.18. The normalized spacial score (nSPS) is 11.9. The third-order valence-electron chi connectivity index (χ3n) is 4.14. The summed E-state index contributed by atoms with van der Waals surface area (Å²) < 4.78 is 21.2. The van der Waals surface area contributed by atoms with Gasteiger partial charge in [-0.2, -0.15) is 0 Å². The number of ether oxygens (including phenoxy) is 3. The van der Waals surface area contributed by atoms with Gasteiger partial charge in [0, 0.05) is 24.4 Å². The number of nitrogens with zero attached hydrogens (tertiary/aromatic N) is 1. The Labute approximate surface area is 153 Å². The molecular weight excluding hydrogens is 336 g/mol. The smallest absolute Gasteiger partial charge is 0.232 e. The zero-order valence-electron chi connectivity index (χ0n) is 15.9. The predicted molar refractivity (Wildman–Crippen MR) is 98.0 cm³/mol. The molecule has 0 saturated heterocycles. The minimum absolute atomic E-state index is 0.116. The molecule has 0 aliphatic heterocycles. The van der Waals surface area contributed by atoms with Crippen LogP contribution in [0.5, 0.6) is 11.5 Å². The number of methoxy groups -OCH3 is 2. The van der Waals surface area contributed by atoms with E-state index in [1.807, 2.05) is 20.8 Å². The van der Waals surface area contributed by atoms with Gasteiger partial charge in [0.15, 0.2) is 11.5 Å². The standard InChI is InChI=1S/C19H26N2O5/c1-6-15(18-12(2)21-26-13(18)3)19(22)20-14-7-8-16(24-5)17(11-14)25-10-9-23-4/h7-8,11,15H,6,9-10H2,1-5H3,(H,20,22)/t15-/m0/s1.